The molecule has 0 aromatic carbocycles. The highest BCUT2D eigenvalue weighted by Crippen LogP contribution is 2.07. The number of aliphatic imine (C=N–C) groups is 1. The molecule has 0 amide bonds. The lowest BCUT2D eigenvalue weighted by molar-refractivity contribution is 0.680. The summed E-state index contributed by atoms with van der Waals surface area (Å²) in [5.41, 5.74) is 0.700. The van der Waals surface area contributed by atoms with Gasteiger partial charge in [-0.15, -0.1) is 0 Å². The Kier molecular flexibility index (Phi) is 5.38. The van der Waals surface area contributed by atoms with E-state index in [0.717, 1.165) is 6.42 Å². The average molecular weight is 219 g/mol. The summed E-state index contributed by atoms with van der Waals surface area (Å²) in [7, 11) is 1.72. The molecule has 3 heteroatoms. The van der Waals surface area contributed by atoms with Gasteiger partial charge >= 0.3 is 0 Å². The Balaban J connectivity index is 3.83. The molecule has 0 heterocycles. The molecule has 0 saturated carbocycles. The van der Waals surface area contributed by atoms with Crippen molar-refractivity contribution in [2.75, 3.05) is 7.05 Å². The number of rotatable bonds is 4. The monoisotopic (exact) mass is 218 g/mol. The minimum atomic E-state index is 0.0231. The van der Waals surface area contributed by atoms with E-state index in [2.05, 4.69) is 34.8 Å². The normalized spacial score (nSPS) is 14.3. The minimum absolute atomic E-state index is 0.0231. The van der Waals surface area contributed by atoms with Crippen LogP contribution in [0.25, 0.3) is 0 Å². The Morgan fingerprint density at radius 2 is 2.18 bits per heavy atom. The largest absolute Gasteiger partial charge is 0.308 e. The molecule has 0 bridgehead atoms. The molecular formula is C8H15BrN2. The van der Waals surface area contributed by atoms with Crippen LogP contribution in [-0.2, 0) is 0 Å². The van der Waals surface area contributed by atoms with Gasteiger partial charge in [0.2, 0.25) is 0 Å². The van der Waals surface area contributed by atoms with Crippen LogP contribution < -0.4 is 0 Å². The van der Waals surface area contributed by atoms with Gasteiger partial charge in [-0.05, 0) is 12.3 Å². The van der Waals surface area contributed by atoms with Crippen molar-refractivity contribution in [1.82, 2.24) is 0 Å². The fraction of sp³-hybridized carbons (Fsp3) is 0.750. The van der Waals surface area contributed by atoms with Gasteiger partial charge in [0.1, 0.15) is 0 Å². The van der Waals surface area contributed by atoms with E-state index in [1.54, 1.807) is 13.3 Å². The van der Waals surface area contributed by atoms with Gasteiger partial charge in [0, 0.05) is 19.0 Å². The van der Waals surface area contributed by atoms with Crippen molar-refractivity contribution in [2.24, 2.45) is 10.9 Å². The van der Waals surface area contributed by atoms with E-state index in [1.807, 2.05) is 0 Å². The summed E-state index contributed by atoms with van der Waals surface area (Å²) in [4.78, 5) is 3.87. The summed E-state index contributed by atoms with van der Waals surface area (Å²) in [6.07, 6.45) is 2.58. The van der Waals surface area contributed by atoms with Crippen molar-refractivity contribution < 1.29 is 0 Å². The summed E-state index contributed by atoms with van der Waals surface area (Å²) in [6, 6.07) is 0. The molecular weight excluding hydrogens is 204 g/mol. The highest BCUT2D eigenvalue weighted by molar-refractivity contribution is 9.10. The summed E-state index contributed by atoms with van der Waals surface area (Å²) in [5.74, 6) is 0.549. The molecule has 1 atom stereocenters. The maximum atomic E-state index is 7.59. The van der Waals surface area contributed by atoms with Crippen LogP contribution in [0.1, 0.15) is 20.3 Å². The second-order valence-electron chi connectivity index (χ2n) is 2.93. The molecule has 1 unspecified atom stereocenters. The minimum Gasteiger partial charge on any atom is -0.308 e. The van der Waals surface area contributed by atoms with Crippen LogP contribution in [-0.4, -0.2) is 23.8 Å². The second kappa shape index (κ2) is 5.47. The maximum absolute atomic E-state index is 7.59. The smallest absolute Gasteiger partial charge is 0.0868 e. The molecule has 0 saturated heterocycles. The van der Waals surface area contributed by atoms with E-state index in [0.29, 0.717) is 11.6 Å². The first-order valence-electron chi connectivity index (χ1n) is 3.71. The summed E-state index contributed by atoms with van der Waals surface area (Å²) in [5, 5.41) is 7.59. The van der Waals surface area contributed by atoms with Crippen molar-refractivity contribution in [2.45, 2.75) is 25.1 Å². The molecule has 0 fully saturated rings. The molecule has 0 aliphatic carbocycles. The molecule has 0 aliphatic heterocycles. The van der Waals surface area contributed by atoms with Crippen LogP contribution in [0.2, 0.25) is 0 Å². The lowest BCUT2D eigenvalue weighted by Gasteiger charge is -2.08. The molecule has 0 aliphatic rings. The third kappa shape index (κ3) is 5.13. The van der Waals surface area contributed by atoms with Gasteiger partial charge in [-0.3, -0.25) is 4.99 Å². The zero-order valence-electron chi connectivity index (χ0n) is 7.26. The molecule has 0 radical (unpaired) electrons. The van der Waals surface area contributed by atoms with Gasteiger partial charge in [0.25, 0.3) is 0 Å². The van der Waals surface area contributed by atoms with Crippen molar-refractivity contribution in [3.8, 4) is 0 Å². The number of alkyl halides is 1. The third-order valence-corrected chi connectivity index (χ3v) is 2.03. The van der Waals surface area contributed by atoms with Gasteiger partial charge in [-0.2, -0.15) is 0 Å². The van der Waals surface area contributed by atoms with E-state index in [1.165, 1.54) is 0 Å². The van der Waals surface area contributed by atoms with Crippen LogP contribution in [0.5, 0.6) is 0 Å². The average Bonchev–Trinajstić information content (AvgIpc) is 1.86. The van der Waals surface area contributed by atoms with Crippen molar-refractivity contribution in [1.29, 1.82) is 5.41 Å². The van der Waals surface area contributed by atoms with Crippen molar-refractivity contribution in [3.05, 3.63) is 0 Å². The number of hydrogen-bond donors (Lipinski definition) is 1. The maximum Gasteiger partial charge on any atom is 0.0868 e. The first kappa shape index (κ1) is 10.8. The molecule has 0 aromatic heterocycles. The Labute approximate surface area is 76.7 Å². The van der Waals surface area contributed by atoms with Gasteiger partial charge in [-0.25, -0.2) is 0 Å². The van der Waals surface area contributed by atoms with E-state index >= 15 is 0 Å². The van der Waals surface area contributed by atoms with Crippen LogP contribution >= 0.6 is 15.9 Å². The Bertz CT molecular complexity index is 152. The number of nitrogens with zero attached hydrogens (tertiary/aromatic N) is 1. The second-order valence-corrected chi connectivity index (χ2v) is 3.92. The first-order chi connectivity index (χ1) is 5.07. The van der Waals surface area contributed by atoms with E-state index in [4.69, 9.17) is 5.41 Å². The van der Waals surface area contributed by atoms with E-state index < -0.39 is 0 Å². The summed E-state index contributed by atoms with van der Waals surface area (Å²) < 4.78 is 0. The number of hydrogen-bond acceptors (Lipinski definition) is 2. The van der Waals surface area contributed by atoms with Crippen molar-refractivity contribution >= 4 is 27.9 Å². The molecule has 0 aromatic rings. The summed E-state index contributed by atoms with van der Waals surface area (Å²) >= 11 is 3.36. The predicted octanol–water partition coefficient (Wildman–Crippen LogP) is 2.52. The molecule has 0 spiro atoms. The van der Waals surface area contributed by atoms with Gasteiger partial charge in [-0.1, -0.05) is 29.8 Å². The van der Waals surface area contributed by atoms with E-state index in [-0.39, 0.29) is 4.83 Å². The van der Waals surface area contributed by atoms with Crippen LogP contribution in [0.15, 0.2) is 4.99 Å². The Morgan fingerprint density at radius 3 is 2.55 bits per heavy atom. The summed E-state index contributed by atoms with van der Waals surface area (Å²) in [6.45, 7) is 4.22. The fourth-order valence-electron chi connectivity index (χ4n) is 0.773. The lowest BCUT2D eigenvalue weighted by Crippen LogP contribution is -2.16. The van der Waals surface area contributed by atoms with Crippen LogP contribution in [0, 0.1) is 11.3 Å². The standard InChI is InChI=1S/C8H15BrN2/c1-6(2)4-8(10)7(9)5-11-3/h5-7,10H,4H2,1-3H3. The van der Waals surface area contributed by atoms with Crippen molar-refractivity contribution in [3.63, 3.8) is 0 Å². The molecule has 1 N–H and O–H groups in total. The topological polar surface area (TPSA) is 36.2 Å². The lowest BCUT2D eigenvalue weighted by atomic mass is 10.1. The third-order valence-electron chi connectivity index (χ3n) is 1.24. The predicted molar refractivity (Wildman–Crippen MR) is 54.3 cm³/mol. The van der Waals surface area contributed by atoms with Gasteiger partial charge in [0.05, 0.1) is 4.83 Å². The molecule has 0 rings (SSSR count). The SMILES string of the molecule is CN=CC(Br)C(=N)CC(C)C. The Morgan fingerprint density at radius 1 is 1.64 bits per heavy atom. The Hall–Kier alpha value is -0.180. The zero-order chi connectivity index (χ0) is 8.85. The highest BCUT2D eigenvalue weighted by atomic mass is 79.9. The molecule has 2 nitrogen and oxygen atoms in total. The molecule has 11 heavy (non-hydrogen) atoms. The van der Waals surface area contributed by atoms with Gasteiger partial charge in [0.15, 0.2) is 0 Å². The van der Waals surface area contributed by atoms with Crippen LogP contribution in [0.3, 0.4) is 0 Å². The zero-order valence-corrected chi connectivity index (χ0v) is 8.85. The highest BCUT2D eigenvalue weighted by Gasteiger charge is 2.08. The number of nitrogens with one attached hydrogen (secondary N) is 1. The fourth-order valence-corrected chi connectivity index (χ4v) is 1.20. The van der Waals surface area contributed by atoms with Gasteiger partial charge < -0.3 is 5.41 Å². The first-order valence-corrected chi connectivity index (χ1v) is 4.63. The number of halogens is 1. The van der Waals surface area contributed by atoms with E-state index in [9.17, 15) is 0 Å². The van der Waals surface area contributed by atoms with Crippen LogP contribution in [0.4, 0.5) is 0 Å². The molecule has 64 valence electrons. The quantitative estimate of drug-likeness (QED) is 0.557.